The second kappa shape index (κ2) is 11.3. The fourth-order valence-electron chi connectivity index (χ4n) is 3.64. The van der Waals surface area contributed by atoms with Crippen LogP contribution in [0.4, 0.5) is 39.5 Å². The number of nitrogens with one attached hydrogen (secondary N) is 2. The summed E-state index contributed by atoms with van der Waals surface area (Å²) in [5.41, 5.74) is -5.24. The molecule has 0 bridgehead atoms. The lowest BCUT2D eigenvalue weighted by Crippen LogP contribution is -2.51. The number of carbonyl (C=O) groups is 2. The van der Waals surface area contributed by atoms with Crippen molar-refractivity contribution < 1.29 is 49.1 Å². The van der Waals surface area contributed by atoms with E-state index in [9.17, 15) is 49.1 Å². The molecule has 2 N–H and O–H groups in total. The molecule has 0 saturated heterocycles. The summed E-state index contributed by atoms with van der Waals surface area (Å²) in [4.78, 5) is 24.8. The van der Waals surface area contributed by atoms with Crippen LogP contribution in [0.1, 0.15) is 45.8 Å². The molecule has 4 nitrogen and oxygen atoms in total. The summed E-state index contributed by atoms with van der Waals surface area (Å²) in [6.45, 7) is -1.70. The van der Waals surface area contributed by atoms with E-state index in [1.807, 2.05) is 5.32 Å². The molecule has 0 spiro atoms. The van der Waals surface area contributed by atoms with Crippen LogP contribution >= 0.6 is 34.8 Å². The van der Waals surface area contributed by atoms with Crippen molar-refractivity contribution in [1.82, 2.24) is 10.6 Å². The van der Waals surface area contributed by atoms with Gasteiger partial charge in [-0.25, -0.2) is 0 Å². The number of carbonyl (C=O) groups excluding carboxylic acids is 2. The topological polar surface area (TPSA) is 58.2 Å². The Labute approximate surface area is 235 Å². The molecule has 1 fully saturated rings. The van der Waals surface area contributed by atoms with Gasteiger partial charge in [-0.1, -0.05) is 53.0 Å². The fraction of sp³-hybridized carbons (Fsp3) is 0.333. The van der Waals surface area contributed by atoms with Gasteiger partial charge in [-0.3, -0.25) is 9.59 Å². The highest BCUT2D eigenvalue weighted by atomic mass is 35.5. The molecular formula is C24H16Cl3F9N2O2. The zero-order chi connectivity index (χ0) is 30.3. The van der Waals surface area contributed by atoms with Crippen molar-refractivity contribution in [2.24, 2.45) is 0 Å². The summed E-state index contributed by atoms with van der Waals surface area (Å²) in [6, 6.07) is 3.88. The first-order valence-corrected chi connectivity index (χ1v) is 12.1. The number of halogens is 12. The quantitative estimate of drug-likeness (QED) is 0.238. The standard InChI is InChI=1S/C24H16Cl3F9N2O2/c25-16-9-18(27)17(26)8-13(16)14(23(31,32)33)4-2-11-1-3-12(15(7-11)24(34,35)36)19(39)38-21(5-6-21)20(40)37-10-22(28,29)30/h1-4,7-9,14H,5-6,10H2,(H,37,40)(H,38,39). The van der Waals surface area contributed by atoms with Crippen LogP contribution in [-0.2, 0) is 11.0 Å². The summed E-state index contributed by atoms with van der Waals surface area (Å²) in [7, 11) is 0. The molecule has 218 valence electrons. The second-order valence-corrected chi connectivity index (χ2v) is 10.0. The third-order valence-electron chi connectivity index (χ3n) is 5.79. The number of benzene rings is 2. The third-order valence-corrected chi connectivity index (χ3v) is 6.84. The molecule has 2 amide bonds. The first-order valence-electron chi connectivity index (χ1n) is 11.0. The van der Waals surface area contributed by atoms with Crippen LogP contribution in [0.3, 0.4) is 0 Å². The van der Waals surface area contributed by atoms with Gasteiger partial charge in [0, 0.05) is 5.02 Å². The lowest BCUT2D eigenvalue weighted by molar-refractivity contribution is -0.140. The summed E-state index contributed by atoms with van der Waals surface area (Å²) in [5.74, 6) is -5.01. The summed E-state index contributed by atoms with van der Waals surface area (Å²) >= 11 is 17.4. The highest BCUT2D eigenvalue weighted by Crippen LogP contribution is 2.43. The minimum atomic E-state index is -5.16. The molecule has 16 heteroatoms. The molecule has 1 unspecified atom stereocenters. The van der Waals surface area contributed by atoms with Gasteiger partial charge in [-0.2, -0.15) is 39.5 Å². The predicted octanol–water partition coefficient (Wildman–Crippen LogP) is 7.97. The van der Waals surface area contributed by atoms with Crippen molar-refractivity contribution in [2.75, 3.05) is 6.54 Å². The van der Waals surface area contributed by atoms with Crippen molar-refractivity contribution in [3.8, 4) is 0 Å². The molecule has 3 rings (SSSR count). The summed E-state index contributed by atoms with van der Waals surface area (Å²) < 4.78 is 120. The number of hydrogen-bond donors (Lipinski definition) is 2. The molecule has 1 atom stereocenters. The number of amides is 2. The molecule has 1 saturated carbocycles. The number of rotatable bonds is 7. The van der Waals surface area contributed by atoms with Crippen LogP contribution in [0.5, 0.6) is 0 Å². The zero-order valence-corrected chi connectivity index (χ0v) is 21.9. The minimum Gasteiger partial charge on any atom is -0.345 e. The van der Waals surface area contributed by atoms with Gasteiger partial charge in [-0.15, -0.1) is 0 Å². The van der Waals surface area contributed by atoms with E-state index in [4.69, 9.17) is 34.8 Å². The smallest absolute Gasteiger partial charge is 0.345 e. The number of hydrogen-bond acceptors (Lipinski definition) is 2. The van der Waals surface area contributed by atoms with Crippen LogP contribution < -0.4 is 10.6 Å². The van der Waals surface area contributed by atoms with Crippen LogP contribution in [-0.4, -0.2) is 36.3 Å². The molecular weight excluding hydrogens is 626 g/mol. The van der Waals surface area contributed by atoms with Gasteiger partial charge in [0.25, 0.3) is 5.91 Å². The van der Waals surface area contributed by atoms with E-state index < -0.39 is 70.1 Å². The van der Waals surface area contributed by atoms with E-state index >= 15 is 0 Å². The number of allylic oxidation sites excluding steroid dienone is 1. The Morgan fingerprint density at radius 2 is 1.50 bits per heavy atom. The molecule has 1 aliphatic carbocycles. The second-order valence-electron chi connectivity index (χ2n) is 8.80. The van der Waals surface area contributed by atoms with Crippen molar-refractivity contribution in [2.45, 2.75) is 42.8 Å². The van der Waals surface area contributed by atoms with E-state index in [2.05, 4.69) is 0 Å². The first kappa shape index (κ1) is 31.9. The van der Waals surface area contributed by atoms with Gasteiger partial charge >= 0.3 is 18.5 Å². The highest BCUT2D eigenvalue weighted by molar-refractivity contribution is 6.43. The largest absolute Gasteiger partial charge is 0.417 e. The Hall–Kier alpha value is -2.64. The van der Waals surface area contributed by atoms with E-state index in [0.29, 0.717) is 18.2 Å². The van der Waals surface area contributed by atoms with Crippen molar-refractivity contribution in [1.29, 1.82) is 0 Å². The van der Waals surface area contributed by atoms with Gasteiger partial charge in [0.05, 0.1) is 27.1 Å². The fourth-order valence-corrected chi connectivity index (χ4v) is 4.31. The molecule has 0 aromatic heterocycles. The summed E-state index contributed by atoms with van der Waals surface area (Å²) in [6.07, 6.45) is -13.8. The van der Waals surface area contributed by atoms with Crippen molar-refractivity contribution in [3.63, 3.8) is 0 Å². The number of alkyl halides is 9. The van der Waals surface area contributed by atoms with Gasteiger partial charge in [0.1, 0.15) is 12.1 Å². The maximum atomic E-state index is 13.8. The van der Waals surface area contributed by atoms with Crippen molar-refractivity contribution in [3.05, 3.63) is 73.7 Å². The maximum absolute atomic E-state index is 13.8. The maximum Gasteiger partial charge on any atom is 0.417 e. The Kier molecular flexibility index (Phi) is 9.03. The van der Waals surface area contributed by atoms with Gasteiger partial charge in [0.2, 0.25) is 5.91 Å². The monoisotopic (exact) mass is 640 g/mol. The zero-order valence-electron chi connectivity index (χ0n) is 19.6. The molecule has 40 heavy (non-hydrogen) atoms. The molecule has 2 aromatic carbocycles. The highest BCUT2D eigenvalue weighted by Gasteiger charge is 2.52. The Balaban J connectivity index is 1.91. The Morgan fingerprint density at radius 1 is 0.900 bits per heavy atom. The van der Waals surface area contributed by atoms with Gasteiger partial charge in [0.15, 0.2) is 0 Å². The van der Waals surface area contributed by atoms with Crippen LogP contribution in [0.15, 0.2) is 36.4 Å². The van der Waals surface area contributed by atoms with E-state index in [1.54, 1.807) is 5.32 Å². The minimum absolute atomic E-state index is 0.110. The predicted molar refractivity (Wildman–Crippen MR) is 129 cm³/mol. The molecule has 0 aliphatic heterocycles. The summed E-state index contributed by atoms with van der Waals surface area (Å²) in [5, 5.41) is 2.86. The van der Waals surface area contributed by atoms with E-state index in [1.165, 1.54) is 0 Å². The average molecular weight is 642 g/mol. The van der Waals surface area contributed by atoms with Crippen LogP contribution in [0.2, 0.25) is 15.1 Å². The van der Waals surface area contributed by atoms with E-state index in [-0.39, 0.29) is 28.5 Å². The van der Waals surface area contributed by atoms with E-state index in [0.717, 1.165) is 24.3 Å². The Bertz CT molecular complexity index is 1330. The third kappa shape index (κ3) is 7.76. The molecule has 2 aromatic rings. The molecule has 0 radical (unpaired) electrons. The van der Waals surface area contributed by atoms with Crippen LogP contribution in [0, 0.1) is 0 Å². The van der Waals surface area contributed by atoms with Gasteiger partial charge in [-0.05, 0) is 48.2 Å². The van der Waals surface area contributed by atoms with Crippen LogP contribution in [0.25, 0.3) is 6.08 Å². The normalized spacial score (nSPS) is 16.1. The first-order chi connectivity index (χ1) is 18.2. The lowest BCUT2D eigenvalue weighted by Gasteiger charge is -2.20. The lowest BCUT2D eigenvalue weighted by atomic mass is 9.96. The molecule has 1 aliphatic rings. The SMILES string of the molecule is O=C(NC1(C(=O)NCC(F)(F)F)CC1)c1ccc(C=CC(c2cc(Cl)c(Cl)cc2Cl)C(F)(F)F)cc1C(F)(F)F. The average Bonchev–Trinajstić information content (AvgIpc) is 3.59. The Morgan fingerprint density at radius 3 is 2.02 bits per heavy atom. The van der Waals surface area contributed by atoms with Gasteiger partial charge < -0.3 is 10.6 Å². The van der Waals surface area contributed by atoms with Crippen molar-refractivity contribution >= 4 is 52.7 Å². The molecule has 0 heterocycles.